The fourth-order valence-electron chi connectivity index (χ4n) is 3.63. The average Bonchev–Trinajstić information content (AvgIpc) is 3.24. The first-order valence-electron chi connectivity index (χ1n) is 9.62. The van der Waals surface area contributed by atoms with E-state index < -0.39 is 0 Å². The summed E-state index contributed by atoms with van der Waals surface area (Å²) in [4.78, 5) is 21.1. The molecule has 0 N–H and O–H groups in total. The number of amides is 1. The van der Waals surface area contributed by atoms with Gasteiger partial charge in [0.25, 0.3) is 5.89 Å². The van der Waals surface area contributed by atoms with Crippen LogP contribution in [0.5, 0.6) is 0 Å². The highest BCUT2D eigenvalue weighted by Gasteiger charge is 2.28. The largest absolute Gasteiger partial charge is 0.419 e. The summed E-state index contributed by atoms with van der Waals surface area (Å²) in [7, 11) is 0. The van der Waals surface area contributed by atoms with Crippen molar-refractivity contribution in [2.45, 2.75) is 25.2 Å². The third kappa shape index (κ3) is 4.51. The number of piperidine rings is 1. The van der Waals surface area contributed by atoms with Crippen molar-refractivity contribution in [3.63, 3.8) is 0 Å². The van der Waals surface area contributed by atoms with E-state index in [-0.39, 0.29) is 11.8 Å². The van der Waals surface area contributed by atoms with Crippen molar-refractivity contribution >= 4 is 5.91 Å². The molecule has 0 aliphatic carbocycles. The Balaban J connectivity index is 1.34. The topological polar surface area (TPSA) is 84.6 Å². The zero-order chi connectivity index (χ0) is 18.5. The van der Waals surface area contributed by atoms with Crippen LogP contribution in [-0.2, 0) is 9.53 Å². The molecule has 2 aromatic heterocycles. The van der Waals surface area contributed by atoms with Gasteiger partial charge in [-0.2, -0.15) is 0 Å². The van der Waals surface area contributed by atoms with E-state index in [2.05, 4.69) is 20.1 Å². The molecule has 144 valence electrons. The molecule has 1 unspecified atom stereocenters. The monoisotopic (exact) mass is 371 g/mol. The summed E-state index contributed by atoms with van der Waals surface area (Å²) >= 11 is 0. The molecule has 8 nitrogen and oxygen atoms in total. The number of hydrogen-bond acceptors (Lipinski definition) is 7. The van der Waals surface area contributed by atoms with E-state index in [9.17, 15) is 4.79 Å². The first-order chi connectivity index (χ1) is 13.3. The van der Waals surface area contributed by atoms with Crippen molar-refractivity contribution in [3.05, 3.63) is 30.3 Å². The lowest BCUT2D eigenvalue weighted by Crippen LogP contribution is -2.42. The molecule has 4 heterocycles. The Kier molecular flexibility index (Phi) is 5.74. The number of likely N-dealkylation sites (tertiary alicyclic amines) is 1. The predicted molar refractivity (Wildman–Crippen MR) is 98.0 cm³/mol. The van der Waals surface area contributed by atoms with Gasteiger partial charge in [0.05, 0.1) is 19.1 Å². The average molecular weight is 371 g/mol. The van der Waals surface area contributed by atoms with Crippen LogP contribution in [0.3, 0.4) is 0 Å². The standard InChI is InChI=1S/C19H25N5O3/c25-17(6-9-23-10-12-26-13-11-23)24-8-3-4-15(14-24)18-21-22-19(27-18)16-5-1-2-7-20-16/h1-2,5,7,15H,3-4,6,8-14H2. The number of morpholine rings is 1. The summed E-state index contributed by atoms with van der Waals surface area (Å²) in [6.07, 6.45) is 4.16. The maximum absolute atomic E-state index is 12.6. The van der Waals surface area contributed by atoms with Crippen molar-refractivity contribution < 1.29 is 13.9 Å². The summed E-state index contributed by atoms with van der Waals surface area (Å²) in [6.45, 7) is 5.59. The van der Waals surface area contributed by atoms with Gasteiger partial charge in [0, 0.05) is 45.3 Å². The van der Waals surface area contributed by atoms with Crippen LogP contribution >= 0.6 is 0 Å². The Morgan fingerprint density at radius 3 is 2.89 bits per heavy atom. The fourth-order valence-corrected chi connectivity index (χ4v) is 3.63. The number of carbonyl (C=O) groups excluding carboxylic acids is 1. The van der Waals surface area contributed by atoms with Gasteiger partial charge in [0.15, 0.2) is 0 Å². The number of carbonyl (C=O) groups is 1. The summed E-state index contributed by atoms with van der Waals surface area (Å²) < 4.78 is 11.2. The maximum atomic E-state index is 12.6. The van der Waals surface area contributed by atoms with E-state index in [1.165, 1.54) is 0 Å². The minimum Gasteiger partial charge on any atom is -0.419 e. The van der Waals surface area contributed by atoms with Crippen molar-refractivity contribution in [1.29, 1.82) is 0 Å². The van der Waals surface area contributed by atoms with E-state index >= 15 is 0 Å². The van der Waals surface area contributed by atoms with Gasteiger partial charge in [0.1, 0.15) is 5.69 Å². The molecule has 2 aliphatic heterocycles. The molecule has 8 heteroatoms. The molecule has 0 spiro atoms. The molecule has 2 aliphatic rings. The zero-order valence-corrected chi connectivity index (χ0v) is 15.4. The predicted octanol–water partition coefficient (Wildman–Crippen LogP) is 1.56. The SMILES string of the molecule is O=C(CCN1CCOCC1)N1CCCC(c2nnc(-c3ccccn3)o2)C1. The van der Waals surface area contributed by atoms with E-state index in [1.54, 1.807) is 6.20 Å². The number of aromatic nitrogens is 3. The summed E-state index contributed by atoms with van der Waals surface area (Å²) in [6, 6.07) is 5.59. The first kappa shape index (κ1) is 18.1. The van der Waals surface area contributed by atoms with Crippen LogP contribution in [-0.4, -0.2) is 76.8 Å². The second-order valence-electron chi connectivity index (χ2n) is 7.04. The summed E-state index contributed by atoms with van der Waals surface area (Å²) in [5, 5.41) is 8.34. The number of nitrogens with zero attached hydrogens (tertiary/aromatic N) is 5. The van der Waals surface area contributed by atoms with Gasteiger partial charge >= 0.3 is 0 Å². The second kappa shape index (κ2) is 8.58. The highest BCUT2D eigenvalue weighted by atomic mass is 16.5. The molecule has 1 atom stereocenters. The van der Waals surface area contributed by atoms with Crippen LogP contribution in [0.1, 0.15) is 31.1 Å². The normalized spacial score (nSPS) is 21.3. The van der Waals surface area contributed by atoms with Gasteiger partial charge in [-0.05, 0) is 25.0 Å². The molecule has 2 saturated heterocycles. The van der Waals surface area contributed by atoms with Crippen LogP contribution in [0.25, 0.3) is 11.6 Å². The molecule has 0 bridgehead atoms. The van der Waals surface area contributed by atoms with Crippen LogP contribution in [0, 0.1) is 0 Å². The van der Waals surface area contributed by atoms with Gasteiger partial charge < -0.3 is 14.1 Å². The third-order valence-corrected chi connectivity index (χ3v) is 5.19. The van der Waals surface area contributed by atoms with Gasteiger partial charge in [-0.3, -0.25) is 14.7 Å². The Labute approximate surface area is 158 Å². The quantitative estimate of drug-likeness (QED) is 0.788. The van der Waals surface area contributed by atoms with Crippen molar-refractivity contribution in [2.24, 2.45) is 0 Å². The lowest BCUT2D eigenvalue weighted by molar-refractivity contribution is -0.133. The van der Waals surface area contributed by atoms with Crippen molar-refractivity contribution in [3.8, 4) is 11.6 Å². The number of hydrogen-bond donors (Lipinski definition) is 0. The molecule has 2 aromatic rings. The molecular weight excluding hydrogens is 346 g/mol. The van der Waals surface area contributed by atoms with E-state index in [0.717, 1.165) is 52.2 Å². The number of ether oxygens (including phenoxy) is 1. The Morgan fingerprint density at radius 2 is 2.07 bits per heavy atom. The fraction of sp³-hybridized carbons (Fsp3) is 0.579. The lowest BCUT2D eigenvalue weighted by atomic mass is 9.98. The van der Waals surface area contributed by atoms with Gasteiger partial charge in [-0.1, -0.05) is 6.07 Å². The lowest BCUT2D eigenvalue weighted by Gasteiger charge is -2.32. The molecular formula is C19H25N5O3. The Morgan fingerprint density at radius 1 is 1.19 bits per heavy atom. The molecule has 0 aromatic carbocycles. The zero-order valence-electron chi connectivity index (χ0n) is 15.4. The van der Waals surface area contributed by atoms with E-state index in [0.29, 0.717) is 30.4 Å². The highest BCUT2D eigenvalue weighted by molar-refractivity contribution is 5.76. The highest BCUT2D eigenvalue weighted by Crippen LogP contribution is 2.28. The number of pyridine rings is 1. The maximum Gasteiger partial charge on any atom is 0.266 e. The smallest absolute Gasteiger partial charge is 0.266 e. The van der Waals surface area contributed by atoms with Crippen LogP contribution in [0.4, 0.5) is 0 Å². The first-order valence-corrected chi connectivity index (χ1v) is 9.62. The molecule has 0 saturated carbocycles. The molecule has 27 heavy (non-hydrogen) atoms. The Bertz CT molecular complexity index is 745. The third-order valence-electron chi connectivity index (χ3n) is 5.19. The van der Waals surface area contributed by atoms with Crippen LogP contribution in [0.15, 0.2) is 28.8 Å². The van der Waals surface area contributed by atoms with E-state index in [4.69, 9.17) is 9.15 Å². The Hall–Kier alpha value is -2.32. The second-order valence-corrected chi connectivity index (χ2v) is 7.04. The molecule has 2 fully saturated rings. The van der Waals surface area contributed by atoms with Crippen molar-refractivity contribution in [2.75, 3.05) is 45.9 Å². The van der Waals surface area contributed by atoms with Gasteiger partial charge in [-0.15, -0.1) is 10.2 Å². The van der Waals surface area contributed by atoms with Crippen molar-refractivity contribution in [1.82, 2.24) is 25.0 Å². The molecule has 1 amide bonds. The number of rotatable bonds is 5. The van der Waals surface area contributed by atoms with Crippen LogP contribution in [0.2, 0.25) is 0 Å². The van der Waals surface area contributed by atoms with E-state index in [1.807, 2.05) is 23.1 Å². The van der Waals surface area contributed by atoms with Gasteiger partial charge in [-0.25, -0.2) is 0 Å². The van der Waals surface area contributed by atoms with Crippen LogP contribution < -0.4 is 0 Å². The minimum atomic E-state index is 0.0936. The molecule has 0 radical (unpaired) electrons. The minimum absolute atomic E-state index is 0.0936. The summed E-state index contributed by atoms with van der Waals surface area (Å²) in [5.74, 6) is 1.33. The molecule has 4 rings (SSSR count). The summed E-state index contributed by atoms with van der Waals surface area (Å²) in [5.41, 5.74) is 0.672. The van der Waals surface area contributed by atoms with Gasteiger partial charge in [0.2, 0.25) is 11.8 Å².